The van der Waals surface area contributed by atoms with Crippen LogP contribution in [0.25, 0.3) is 10.8 Å². The Kier molecular flexibility index (Phi) is 3.28. The van der Waals surface area contributed by atoms with Gasteiger partial charge in [-0.15, -0.1) is 0 Å². The van der Waals surface area contributed by atoms with E-state index >= 15 is 0 Å². The van der Waals surface area contributed by atoms with Gasteiger partial charge in [0.1, 0.15) is 6.29 Å². The Balaban J connectivity index is 2.86. The van der Waals surface area contributed by atoms with E-state index in [9.17, 15) is 4.79 Å². The molecular formula is C11H5Br3O. The van der Waals surface area contributed by atoms with E-state index in [0.29, 0.717) is 5.56 Å². The van der Waals surface area contributed by atoms with Gasteiger partial charge in [0.25, 0.3) is 0 Å². The summed E-state index contributed by atoms with van der Waals surface area (Å²) in [7, 11) is 0. The van der Waals surface area contributed by atoms with Crippen LogP contribution in [0.4, 0.5) is 0 Å². The lowest BCUT2D eigenvalue weighted by Gasteiger charge is -2.06. The summed E-state index contributed by atoms with van der Waals surface area (Å²) in [5, 5.41) is 2.11. The first-order valence-corrected chi connectivity index (χ1v) is 6.54. The fraction of sp³-hybridized carbons (Fsp3) is 0. The van der Waals surface area contributed by atoms with Gasteiger partial charge in [-0.3, -0.25) is 4.79 Å². The molecule has 0 aromatic heterocycles. The molecule has 0 radical (unpaired) electrons. The third-order valence-electron chi connectivity index (χ3n) is 2.13. The summed E-state index contributed by atoms with van der Waals surface area (Å²) in [6, 6.07) is 7.59. The molecule has 0 atom stereocenters. The van der Waals surface area contributed by atoms with Gasteiger partial charge >= 0.3 is 0 Å². The van der Waals surface area contributed by atoms with Gasteiger partial charge in [0.15, 0.2) is 0 Å². The highest BCUT2D eigenvalue weighted by atomic mass is 79.9. The minimum absolute atomic E-state index is 0.684. The summed E-state index contributed by atoms with van der Waals surface area (Å²) in [4.78, 5) is 10.7. The van der Waals surface area contributed by atoms with Crippen LogP contribution in [-0.2, 0) is 0 Å². The highest BCUT2D eigenvalue weighted by Gasteiger charge is 2.07. The molecule has 0 saturated carbocycles. The van der Waals surface area contributed by atoms with Crippen molar-refractivity contribution >= 4 is 64.8 Å². The van der Waals surface area contributed by atoms with Crippen LogP contribution in [0.1, 0.15) is 10.4 Å². The number of aldehydes is 1. The predicted octanol–water partition coefficient (Wildman–Crippen LogP) is 4.94. The first-order chi connectivity index (χ1) is 7.13. The fourth-order valence-corrected chi connectivity index (χ4v) is 3.01. The van der Waals surface area contributed by atoms with E-state index < -0.39 is 0 Å². The summed E-state index contributed by atoms with van der Waals surface area (Å²) < 4.78 is 2.93. The molecule has 0 spiro atoms. The Hall–Kier alpha value is -0.190. The second-order valence-corrected chi connectivity index (χ2v) is 5.53. The van der Waals surface area contributed by atoms with Crippen LogP contribution in [0.5, 0.6) is 0 Å². The maximum atomic E-state index is 10.7. The first kappa shape index (κ1) is 11.3. The molecule has 0 aliphatic heterocycles. The van der Waals surface area contributed by atoms with Crippen LogP contribution in [-0.4, -0.2) is 6.29 Å². The molecule has 0 bridgehead atoms. The van der Waals surface area contributed by atoms with Crippen LogP contribution in [0, 0.1) is 0 Å². The highest BCUT2D eigenvalue weighted by Crippen LogP contribution is 2.37. The second-order valence-electron chi connectivity index (χ2n) is 3.08. The van der Waals surface area contributed by atoms with Crippen molar-refractivity contribution in [1.29, 1.82) is 0 Å². The summed E-state index contributed by atoms with van der Waals surface area (Å²) in [6.07, 6.45) is 0.850. The van der Waals surface area contributed by atoms with Gasteiger partial charge in [0.2, 0.25) is 0 Å². The number of hydrogen-bond donors (Lipinski definition) is 0. The molecule has 2 rings (SSSR count). The number of carbonyl (C=O) groups is 1. The Bertz CT molecular complexity index is 549. The number of fused-ring (bicyclic) bond motifs is 1. The van der Waals surface area contributed by atoms with Gasteiger partial charge < -0.3 is 0 Å². The molecule has 0 unspecified atom stereocenters. The van der Waals surface area contributed by atoms with Gasteiger partial charge in [0.05, 0.1) is 0 Å². The van der Waals surface area contributed by atoms with Gasteiger partial charge in [0, 0.05) is 19.0 Å². The Morgan fingerprint density at radius 1 is 1.00 bits per heavy atom. The van der Waals surface area contributed by atoms with E-state index in [-0.39, 0.29) is 0 Å². The minimum Gasteiger partial charge on any atom is -0.298 e. The normalized spacial score (nSPS) is 10.6. The minimum atomic E-state index is 0.684. The maximum Gasteiger partial charge on any atom is 0.150 e. The monoisotopic (exact) mass is 390 g/mol. The average molecular weight is 393 g/mol. The van der Waals surface area contributed by atoms with Crippen molar-refractivity contribution in [3.63, 3.8) is 0 Å². The van der Waals surface area contributed by atoms with Crippen LogP contribution in [0.2, 0.25) is 0 Å². The molecule has 15 heavy (non-hydrogen) atoms. The van der Waals surface area contributed by atoms with Gasteiger partial charge in [-0.1, -0.05) is 12.1 Å². The fourth-order valence-electron chi connectivity index (χ4n) is 1.40. The Labute approximate surface area is 112 Å². The average Bonchev–Trinajstić information content (AvgIpc) is 2.25. The summed E-state index contributed by atoms with van der Waals surface area (Å²) in [6.45, 7) is 0. The zero-order valence-electron chi connectivity index (χ0n) is 7.43. The molecule has 0 heterocycles. The zero-order valence-corrected chi connectivity index (χ0v) is 12.2. The summed E-state index contributed by atoms with van der Waals surface area (Å²) >= 11 is 10.4. The van der Waals surface area contributed by atoms with Crippen LogP contribution < -0.4 is 0 Å². The molecule has 0 saturated heterocycles. The number of rotatable bonds is 1. The van der Waals surface area contributed by atoms with Gasteiger partial charge in [-0.05, 0) is 70.7 Å². The van der Waals surface area contributed by atoms with Crippen LogP contribution in [0.3, 0.4) is 0 Å². The second kappa shape index (κ2) is 4.36. The molecule has 0 amide bonds. The van der Waals surface area contributed by atoms with Crippen molar-refractivity contribution in [3.8, 4) is 0 Å². The summed E-state index contributed by atoms with van der Waals surface area (Å²) in [5.41, 5.74) is 0.684. The topological polar surface area (TPSA) is 17.1 Å². The molecule has 0 N–H and O–H groups in total. The lowest BCUT2D eigenvalue weighted by Crippen LogP contribution is -1.83. The number of halogens is 3. The van der Waals surface area contributed by atoms with Crippen molar-refractivity contribution in [1.82, 2.24) is 0 Å². The largest absolute Gasteiger partial charge is 0.298 e. The van der Waals surface area contributed by atoms with Crippen molar-refractivity contribution in [2.45, 2.75) is 0 Å². The third-order valence-corrected chi connectivity index (χ3v) is 5.47. The molecule has 4 heteroatoms. The van der Waals surface area contributed by atoms with Crippen LogP contribution in [0.15, 0.2) is 37.7 Å². The standard InChI is InChI=1S/C11H5Br3O/c12-9-4-7-3-6(5-15)1-2-8(7)10(13)11(9)14/h1-5H. The number of benzene rings is 2. The van der Waals surface area contributed by atoms with E-state index in [4.69, 9.17) is 0 Å². The maximum absolute atomic E-state index is 10.7. The van der Waals surface area contributed by atoms with E-state index in [2.05, 4.69) is 47.8 Å². The molecule has 2 aromatic rings. The molecule has 76 valence electrons. The molecule has 1 nitrogen and oxygen atoms in total. The summed E-state index contributed by atoms with van der Waals surface area (Å²) in [5.74, 6) is 0. The van der Waals surface area contributed by atoms with Crippen molar-refractivity contribution < 1.29 is 4.79 Å². The molecule has 2 aromatic carbocycles. The number of carbonyl (C=O) groups excluding carboxylic acids is 1. The lowest BCUT2D eigenvalue weighted by atomic mass is 10.1. The Morgan fingerprint density at radius 2 is 1.73 bits per heavy atom. The lowest BCUT2D eigenvalue weighted by molar-refractivity contribution is 0.112. The van der Waals surface area contributed by atoms with Gasteiger partial charge in [-0.25, -0.2) is 0 Å². The van der Waals surface area contributed by atoms with Gasteiger partial charge in [-0.2, -0.15) is 0 Å². The molecule has 0 fully saturated rings. The van der Waals surface area contributed by atoms with Crippen molar-refractivity contribution in [2.24, 2.45) is 0 Å². The zero-order chi connectivity index (χ0) is 11.0. The van der Waals surface area contributed by atoms with Crippen molar-refractivity contribution in [2.75, 3.05) is 0 Å². The molecule has 0 aliphatic carbocycles. The quantitative estimate of drug-likeness (QED) is 0.496. The third kappa shape index (κ3) is 2.03. The SMILES string of the molecule is O=Cc1ccc2c(Br)c(Br)c(Br)cc2c1. The van der Waals surface area contributed by atoms with E-state index in [0.717, 1.165) is 30.5 Å². The van der Waals surface area contributed by atoms with E-state index in [1.54, 1.807) is 6.07 Å². The van der Waals surface area contributed by atoms with E-state index in [1.165, 1.54) is 0 Å². The Morgan fingerprint density at radius 3 is 2.40 bits per heavy atom. The smallest absolute Gasteiger partial charge is 0.150 e. The highest BCUT2D eigenvalue weighted by molar-refractivity contribution is 9.14. The molecule has 0 aliphatic rings. The van der Waals surface area contributed by atoms with Crippen molar-refractivity contribution in [3.05, 3.63) is 43.2 Å². The number of hydrogen-bond acceptors (Lipinski definition) is 1. The van der Waals surface area contributed by atoms with E-state index in [1.807, 2.05) is 18.2 Å². The first-order valence-electron chi connectivity index (χ1n) is 4.16. The molecular weight excluding hydrogens is 388 g/mol. The predicted molar refractivity (Wildman–Crippen MR) is 72.4 cm³/mol. The van der Waals surface area contributed by atoms with Crippen LogP contribution >= 0.6 is 47.8 Å².